The van der Waals surface area contributed by atoms with Crippen LogP contribution in [-0.4, -0.2) is 33.8 Å². The van der Waals surface area contributed by atoms with E-state index in [1.807, 2.05) is 29.9 Å². The van der Waals surface area contributed by atoms with Gasteiger partial charge in [-0.25, -0.2) is 4.98 Å². The summed E-state index contributed by atoms with van der Waals surface area (Å²) in [5.74, 6) is 0.357. The summed E-state index contributed by atoms with van der Waals surface area (Å²) in [5, 5.41) is 10.5. The molecule has 1 amide bonds. The number of rotatable bonds is 3. The number of pyridine rings is 1. The number of hydrogen-bond donors (Lipinski definition) is 2. The molecule has 2 N–H and O–H groups in total. The Labute approximate surface area is 135 Å². The first kappa shape index (κ1) is 16.5. The molecule has 2 aromatic heterocycles. The largest absolute Gasteiger partial charge is 0.315 e. The van der Waals surface area contributed by atoms with Crippen LogP contribution in [0.4, 0.5) is 5.82 Å². The smallest absolute Gasteiger partial charge is 0.277 e. The maximum absolute atomic E-state index is 12.2. The molecule has 0 aromatic carbocycles. The number of aryl methyl sites for hydroxylation is 1. The molecule has 118 valence electrons. The second-order valence-corrected chi connectivity index (χ2v) is 5.30. The summed E-state index contributed by atoms with van der Waals surface area (Å²) in [7, 11) is 0. The Balaban J connectivity index is 0.00000176. The van der Waals surface area contributed by atoms with Gasteiger partial charge in [0.1, 0.15) is 5.82 Å². The topological polar surface area (TPSA) is 71.8 Å². The van der Waals surface area contributed by atoms with Gasteiger partial charge >= 0.3 is 0 Å². The van der Waals surface area contributed by atoms with Crippen LogP contribution in [-0.2, 0) is 0 Å². The van der Waals surface area contributed by atoms with Crippen molar-refractivity contribution >= 4 is 24.1 Å². The Morgan fingerprint density at radius 1 is 1.45 bits per heavy atom. The molecule has 22 heavy (non-hydrogen) atoms. The fourth-order valence-corrected chi connectivity index (χ4v) is 2.51. The first-order valence-electron chi connectivity index (χ1n) is 7.23. The van der Waals surface area contributed by atoms with Crippen LogP contribution in [0.3, 0.4) is 0 Å². The number of halogens is 1. The molecule has 1 aliphatic rings. The summed E-state index contributed by atoms with van der Waals surface area (Å²) in [6, 6.07) is 5.84. The number of nitrogens with one attached hydrogen (secondary N) is 2. The van der Waals surface area contributed by atoms with Crippen molar-refractivity contribution in [2.75, 3.05) is 18.4 Å². The molecule has 0 radical (unpaired) electrons. The van der Waals surface area contributed by atoms with Crippen molar-refractivity contribution < 1.29 is 4.79 Å². The zero-order valence-corrected chi connectivity index (χ0v) is 13.3. The molecule has 0 spiro atoms. The first-order chi connectivity index (χ1) is 10.2. The Morgan fingerprint density at radius 3 is 3.05 bits per heavy atom. The third-order valence-corrected chi connectivity index (χ3v) is 3.73. The van der Waals surface area contributed by atoms with E-state index in [2.05, 4.69) is 20.7 Å². The van der Waals surface area contributed by atoms with Gasteiger partial charge in [0.15, 0.2) is 5.69 Å². The van der Waals surface area contributed by atoms with E-state index >= 15 is 0 Å². The number of nitrogens with zero attached hydrogens (tertiary/aromatic N) is 3. The predicted molar refractivity (Wildman–Crippen MR) is 87.5 cm³/mol. The summed E-state index contributed by atoms with van der Waals surface area (Å²) in [4.78, 5) is 16.4. The number of piperidine rings is 1. The number of hydrogen-bond acceptors (Lipinski definition) is 4. The molecule has 1 fully saturated rings. The molecular formula is C15H20ClN5O. The molecule has 1 aliphatic heterocycles. The Morgan fingerprint density at radius 2 is 2.32 bits per heavy atom. The van der Waals surface area contributed by atoms with Crippen LogP contribution in [0.25, 0.3) is 0 Å². The SMILES string of the molecule is Cc1cccnc1NC(=O)c1ccn(C2CCCNC2)n1.Cl. The second-order valence-electron chi connectivity index (χ2n) is 5.30. The van der Waals surface area contributed by atoms with E-state index in [0.717, 1.165) is 31.5 Å². The number of aromatic nitrogens is 3. The lowest BCUT2D eigenvalue weighted by Crippen LogP contribution is -2.32. The molecule has 0 bridgehead atoms. The molecule has 3 rings (SSSR count). The summed E-state index contributed by atoms with van der Waals surface area (Å²) >= 11 is 0. The highest BCUT2D eigenvalue weighted by Gasteiger charge is 2.18. The fraction of sp³-hybridized carbons (Fsp3) is 0.400. The van der Waals surface area contributed by atoms with Gasteiger partial charge in [-0.15, -0.1) is 12.4 Å². The number of carbonyl (C=O) groups is 1. The van der Waals surface area contributed by atoms with E-state index in [-0.39, 0.29) is 18.3 Å². The first-order valence-corrected chi connectivity index (χ1v) is 7.23. The average Bonchev–Trinajstić information content (AvgIpc) is 3.00. The van der Waals surface area contributed by atoms with Crippen LogP contribution in [0.15, 0.2) is 30.6 Å². The highest BCUT2D eigenvalue weighted by Crippen LogP contribution is 2.16. The number of amides is 1. The minimum absolute atomic E-state index is 0. The maximum Gasteiger partial charge on any atom is 0.277 e. The Bertz CT molecular complexity index is 636. The quantitative estimate of drug-likeness (QED) is 0.909. The molecule has 1 atom stereocenters. The second kappa shape index (κ2) is 7.38. The molecule has 2 aromatic rings. The van der Waals surface area contributed by atoms with Gasteiger partial charge in [0.25, 0.3) is 5.91 Å². The van der Waals surface area contributed by atoms with Crippen molar-refractivity contribution in [2.24, 2.45) is 0 Å². The number of carbonyl (C=O) groups excluding carboxylic acids is 1. The third-order valence-electron chi connectivity index (χ3n) is 3.73. The van der Waals surface area contributed by atoms with Gasteiger partial charge in [0, 0.05) is 18.9 Å². The van der Waals surface area contributed by atoms with Gasteiger partial charge in [0.05, 0.1) is 6.04 Å². The van der Waals surface area contributed by atoms with Crippen LogP contribution in [0, 0.1) is 6.92 Å². The summed E-state index contributed by atoms with van der Waals surface area (Å²) in [6.45, 7) is 3.88. The summed E-state index contributed by atoms with van der Waals surface area (Å²) < 4.78 is 1.88. The Hall–Kier alpha value is -1.92. The van der Waals surface area contributed by atoms with E-state index in [1.165, 1.54) is 0 Å². The molecule has 0 aliphatic carbocycles. The van der Waals surface area contributed by atoms with Crippen molar-refractivity contribution in [1.82, 2.24) is 20.1 Å². The van der Waals surface area contributed by atoms with Gasteiger partial charge in [-0.05, 0) is 44.0 Å². The standard InChI is InChI=1S/C15H19N5O.ClH/c1-11-4-2-8-17-14(11)18-15(21)13-6-9-20(19-13)12-5-3-7-16-10-12;/h2,4,6,8-9,12,16H,3,5,7,10H2,1H3,(H,17,18,21);1H. The van der Waals surface area contributed by atoms with Gasteiger partial charge < -0.3 is 10.6 Å². The van der Waals surface area contributed by atoms with Gasteiger partial charge in [-0.2, -0.15) is 5.10 Å². The highest BCUT2D eigenvalue weighted by molar-refractivity contribution is 6.02. The van der Waals surface area contributed by atoms with Crippen LogP contribution in [0.1, 0.15) is 34.9 Å². The molecule has 6 nitrogen and oxygen atoms in total. The zero-order chi connectivity index (χ0) is 14.7. The normalized spacial score (nSPS) is 17.6. The zero-order valence-electron chi connectivity index (χ0n) is 12.5. The lowest BCUT2D eigenvalue weighted by Gasteiger charge is -2.22. The van der Waals surface area contributed by atoms with E-state index in [9.17, 15) is 4.79 Å². The molecular weight excluding hydrogens is 302 g/mol. The predicted octanol–water partition coefficient (Wildman–Crippen LogP) is 2.19. The van der Waals surface area contributed by atoms with Crippen molar-refractivity contribution in [2.45, 2.75) is 25.8 Å². The lowest BCUT2D eigenvalue weighted by atomic mass is 10.1. The molecule has 1 saturated heterocycles. The maximum atomic E-state index is 12.2. The van der Waals surface area contributed by atoms with E-state index < -0.39 is 0 Å². The summed E-state index contributed by atoms with van der Waals surface area (Å²) in [6.07, 6.45) is 5.76. The van der Waals surface area contributed by atoms with Crippen molar-refractivity contribution in [1.29, 1.82) is 0 Å². The van der Waals surface area contributed by atoms with E-state index in [4.69, 9.17) is 0 Å². The van der Waals surface area contributed by atoms with E-state index in [1.54, 1.807) is 12.3 Å². The molecule has 7 heteroatoms. The fourth-order valence-electron chi connectivity index (χ4n) is 2.51. The van der Waals surface area contributed by atoms with Crippen LogP contribution >= 0.6 is 12.4 Å². The number of anilines is 1. The van der Waals surface area contributed by atoms with Crippen molar-refractivity contribution in [3.05, 3.63) is 41.9 Å². The molecule has 1 unspecified atom stereocenters. The lowest BCUT2D eigenvalue weighted by molar-refractivity contribution is 0.102. The van der Waals surface area contributed by atoms with Crippen molar-refractivity contribution in [3.8, 4) is 0 Å². The van der Waals surface area contributed by atoms with Crippen LogP contribution < -0.4 is 10.6 Å². The Kier molecular flexibility index (Phi) is 5.51. The summed E-state index contributed by atoms with van der Waals surface area (Å²) in [5.41, 5.74) is 1.35. The monoisotopic (exact) mass is 321 g/mol. The molecule has 0 saturated carbocycles. The molecule has 3 heterocycles. The highest BCUT2D eigenvalue weighted by atomic mass is 35.5. The minimum atomic E-state index is -0.223. The van der Waals surface area contributed by atoms with Crippen LogP contribution in [0.5, 0.6) is 0 Å². The van der Waals surface area contributed by atoms with Crippen LogP contribution in [0.2, 0.25) is 0 Å². The third kappa shape index (κ3) is 3.64. The minimum Gasteiger partial charge on any atom is -0.315 e. The van der Waals surface area contributed by atoms with Gasteiger partial charge in [-0.1, -0.05) is 6.07 Å². The van der Waals surface area contributed by atoms with Gasteiger partial charge in [-0.3, -0.25) is 9.48 Å². The van der Waals surface area contributed by atoms with Gasteiger partial charge in [0.2, 0.25) is 0 Å². The average molecular weight is 322 g/mol. The van der Waals surface area contributed by atoms with Crippen molar-refractivity contribution in [3.63, 3.8) is 0 Å². The van der Waals surface area contributed by atoms with E-state index in [0.29, 0.717) is 17.6 Å².